The van der Waals surface area contributed by atoms with Gasteiger partial charge in [0.05, 0.1) is 10.3 Å². The molecule has 1 aliphatic heterocycles. The first-order valence-electron chi connectivity index (χ1n) is 8.97. The zero-order valence-electron chi connectivity index (χ0n) is 14.8. The van der Waals surface area contributed by atoms with Gasteiger partial charge in [0, 0.05) is 6.54 Å². The van der Waals surface area contributed by atoms with E-state index in [9.17, 15) is 8.42 Å². The summed E-state index contributed by atoms with van der Waals surface area (Å²) in [6.45, 7) is 8.42. The van der Waals surface area contributed by atoms with Crippen molar-refractivity contribution in [3.8, 4) is 0 Å². The topological polar surface area (TPSA) is 37.4 Å². The van der Waals surface area contributed by atoms with Gasteiger partial charge in [0.25, 0.3) is 0 Å². The maximum atomic E-state index is 13.2. The lowest BCUT2D eigenvalue weighted by Crippen LogP contribution is -2.59. The smallest absolute Gasteiger partial charge is 0.212 e. The molecule has 2 rings (SSSR count). The molecule has 22 heavy (non-hydrogen) atoms. The lowest BCUT2D eigenvalue weighted by Gasteiger charge is -2.51. The number of sulfonamides is 1. The average Bonchev–Trinajstić information content (AvgIpc) is 2.45. The minimum absolute atomic E-state index is 0.211. The van der Waals surface area contributed by atoms with Crippen LogP contribution in [0.25, 0.3) is 0 Å². The van der Waals surface area contributed by atoms with Crippen LogP contribution in [0.1, 0.15) is 85.5 Å². The molecular weight excluding hydrogens is 294 g/mol. The van der Waals surface area contributed by atoms with E-state index in [2.05, 4.69) is 13.0 Å². The summed E-state index contributed by atoms with van der Waals surface area (Å²) in [7, 11) is -3.27. The van der Waals surface area contributed by atoms with Gasteiger partial charge in [-0.05, 0) is 72.1 Å². The van der Waals surface area contributed by atoms with Gasteiger partial charge in [0.1, 0.15) is 0 Å². The van der Waals surface area contributed by atoms with E-state index in [0.717, 1.165) is 51.4 Å². The number of unbranched alkanes of at least 4 members (excludes halogenated alkanes) is 1. The van der Waals surface area contributed by atoms with Crippen molar-refractivity contribution in [1.29, 1.82) is 0 Å². The Labute approximate surface area is 137 Å². The third-order valence-electron chi connectivity index (χ3n) is 5.33. The van der Waals surface area contributed by atoms with Crippen LogP contribution in [-0.2, 0) is 10.0 Å². The maximum Gasteiger partial charge on any atom is 0.219 e. The summed E-state index contributed by atoms with van der Waals surface area (Å²) < 4.78 is 27.6. The second-order valence-corrected chi connectivity index (χ2v) is 10.5. The molecule has 1 atom stereocenters. The van der Waals surface area contributed by atoms with Crippen molar-refractivity contribution in [3.05, 3.63) is 11.6 Å². The van der Waals surface area contributed by atoms with E-state index in [1.165, 1.54) is 12.0 Å². The predicted octanol–water partition coefficient (Wildman–Crippen LogP) is 4.64. The summed E-state index contributed by atoms with van der Waals surface area (Å²) in [6.07, 6.45) is 12.2. The molecule has 0 aromatic rings. The van der Waals surface area contributed by atoms with Crippen LogP contribution in [0.15, 0.2) is 11.6 Å². The summed E-state index contributed by atoms with van der Waals surface area (Å²) >= 11 is 0. The Bertz CT molecular complexity index is 516. The molecule has 0 aromatic carbocycles. The maximum absolute atomic E-state index is 13.2. The minimum Gasteiger partial charge on any atom is -0.212 e. The molecule has 4 heteroatoms. The molecule has 0 saturated carbocycles. The molecule has 128 valence electrons. The summed E-state index contributed by atoms with van der Waals surface area (Å²) in [5, 5.41) is 0. The Kier molecular flexibility index (Phi) is 5.43. The van der Waals surface area contributed by atoms with Gasteiger partial charge in [-0.2, -0.15) is 4.31 Å². The fraction of sp³-hybridized carbons (Fsp3) is 0.889. The molecule has 1 saturated heterocycles. The highest BCUT2D eigenvalue weighted by atomic mass is 32.2. The molecular formula is C18H33NO2S. The molecule has 0 amide bonds. The van der Waals surface area contributed by atoms with Crippen molar-refractivity contribution in [2.75, 3.05) is 6.54 Å². The SMILES string of the molecule is CCCCC1=CCCCC12CCCCN2S(=O)(=O)C(C)(C)C. The molecule has 2 aliphatic rings. The highest BCUT2D eigenvalue weighted by Crippen LogP contribution is 2.46. The van der Waals surface area contributed by atoms with E-state index in [1.54, 1.807) is 0 Å². The predicted molar refractivity (Wildman–Crippen MR) is 93.4 cm³/mol. The van der Waals surface area contributed by atoms with Crippen LogP contribution in [0.3, 0.4) is 0 Å². The van der Waals surface area contributed by atoms with Crippen molar-refractivity contribution >= 4 is 10.0 Å². The van der Waals surface area contributed by atoms with Crippen molar-refractivity contribution in [2.24, 2.45) is 0 Å². The standard InChI is InChI=1S/C18H33NO2S/c1-5-6-11-16-12-7-8-13-18(16)14-9-10-15-19(18)22(20,21)17(2,3)4/h12H,5-11,13-15H2,1-4H3. The lowest BCUT2D eigenvalue weighted by atomic mass is 9.73. The van der Waals surface area contributed by atoms with E-state index in [4.69, 9.17) is 0 Å². The third kappa shape index (κ3) is 3.14. The van der Waals surface area contributed by atoms with E-state index in [1.807, 2.05) is 25.1 Å². The molecule has 1 unspecified atom stereocenters. The number of nitrogens with zero attached hydrogens (tertiary/aromatic N) is 1. The first-order chi connectivity index (χ1) is 10.3. The lowest BCUT2D eigenvalue weighted by molar-refractivity contribution is 0.140. The first kappa shape index (κ1) is 18.0. The van der Waals surface area contributed by atoms with Crippen LogP contribution in [0.2, 0.25) is 0 Å². The summed E-state index contributed by atoms with van der Waals surface area (Å²) in [5.41, 5.74) is 1.20. The van der Waals surface area contributed by atoms with Crippen LogP contribution in [0.5, 0.6) is 0 Å². The number of piperidine rings is 1. The molecule has 0 bridgehead atoms. The molecule has 0 aromatic heterocycles. The molecule has 3 nitrogen and oxygen atoms in total. The Morgan fingerprint density at radius 2 is 1.86 bits per heavy atom. The van der Waals surface area contributed by atoms with Gasteiger partial charge in [-0.15, -0.1) is 0 Å². The fourth-order valence-corrected chi connectivity index (χ4v) is 5.78. The van der Waals surface area contributed by atoms with E-state index >= 15 is 0 Å². The van der Waals surface area contributed by atoms with Gasteiger partial charge >= 0.3 is 0 Å². The second kappa shape index (κ2) is 6.64. The molecule has 1 spiro atoms. The molecule has 0 radical (unpaired) electrons. The van der Waals surface area contributed by atoms with Gasteiger partial charge in [-0.3, -0.25) is 0 Å². The van der Waals surface area contributed by atoms with Crippen LogP contribution in [0, 0.1) is 0 Å². The van der Waals surface area contributed by atoms with Gasteiger partial charge < -0.3 is 0 Å². The van der Waals surface area contributed by atoms with Gasteiger partial charge in [-0.25, -0.2) is 8.42 Å². The Morgan fingerprint density at radius 3 is 2.50 bits per heavy atom. The van der Waals surface area contributed by atoms with E-state index in [-0.39, 0.29) is 5.54 Å². The normalized spacial score (nSPS) is 27.9. The fourth-order valence-electron chi connectivity index (χ4n) is 3.99. The van der Waals surface area contributed by atoms with Gasteiger partial charge in [-0.1, -0.05) is 25.0 Å². The van der Waals surface area contributed by atoms with Crippen molar-refractivity contribution in [3.63, 3.8) is 0 Å². The number of hydrogen-bond donors (Lipinski definition) is 0. The second-order valence-electron chi connectivity index (χ2n) is 7.90. The van der Waals surface area contributed by atoms with Crippen LogP contribution >= 0.6 is 0 Å². The summed E-state index contributed by atoms with van der Waals surface area (Å²) in [6, 6.07) is 0. The van der Waals surface area contributed by atoms with Crippen LogP contribution in [0.4, 0.5) is 0 Å². The zero-order valence-corrected chi connectivity index (χ0v) is 15.6. The molecule has 1 heterocycles. The number of allylic oxidation sites excluding steroid dienone is 1. The molecule has 1 fully saturated rings. The van der Waals surface area contributed by atoms with Crippen LogP contribution in [-0.4, -0.2) is 29.6 Å². The monoisotopic (exact) mass is 327 g/mol. The first-order valence-corrected chi connectivity index (χ1v) is 10.4. The van der Waals surface area contributed by atoms with Gasteiger partial charge in [0.15, 0.2) is 0 Å². The van der Waals surface area contributed by atoms with Crippen molar-refractivity contribution in [1.82, 2.24) is 4.31 Å². The van der Waals surface area contributed by atoms with Crippen LogP contribution < -0.4 is 0 Å². The third-order valence-corrected chi connectivity index (χ3v) is 7.99. The zero-order chi connectivity index (χ0) is 16.4. The van der Waals surface area contributed by atoms with E-state index < -0.39 is 14.8 Å². The van der Waals surface area contributed by atoms with Gasteiger partial charge in [0.2, 0.25) is 10.0 Å². The highest BCUT2D eigenvalue weighted by Gasteiger charge is 2.50. The quantitative estimate of drug-likeness (QED) is 0.705. The average molecular weight is 328 g/mol. The summed E-state index contributed by atoms with van der Waals surface area (Å²) in [5.74, 6) is 0. The summed E-state index contributed by atoms with van der Waals surface area (Å²) in [4.78, 5) is 0. The highest BCUT2D eigenvalue weighted by molar-refractivity contribution is 7.90. The Balaban J connectivity index is 2.43. The Morgan fingerprint density at radius 1 is 1.18 bits per heavy atom. The van der Waals surface area contributed by atoms with Crippen molar-refractivity contribution in [2.45, 2.75) is 95.8 Å². The molecule has 0 N–H and O–H groups in total. The van der Waals surface area contributed by atoms with Crippen molar-refractivity contribution < 1.29 is 8.42 Å². The minimum atomic E-state index is -3.27. The largest absolute Gasteiger partial charge is 0.219 e. The van der Waals surface area contributed by atoms with E-state index in [0.29, 0.717) is 6.54 Å². The Hall–Kier alpha value is -0.350. The number of hydrogen-bond acceptors (Lipinski definition) is 2. The molecule has 1 aliphatic carbocycles. The number of rotatable bonds is 4.